The third-order valence-electron chi connectivity index (χ3n) is 3.05. The fourth-order valence-electron chi connectivity index (χ4n) is 2.03. The number of hydrogen-bond acceptors (Lipinski definition) is 2. The predicted molar refractivity (Wildman–Crippen MR) is 84.3 cm³/mol. The summed E-state index contributed by atoms with van der Waals surface area (Å²) in [5, 5.41) is 1.36. The van der Waals surface area contributed by atoms with Crippen molar-refractivity contribution in [2.75, 3.05) is 0 Å². The fraction of sp³-hybridized carbons (Fsp3) is 0. The van der Waals surface area contributed by atoms with Crippen LogP contribution in [0, 0.1) is 0 Å². The number of pyridine rings is 1. The average molecular weight is 347 g/mol. The van der Waals surface area contributed by atoms with Crippen molar-refractivity contribution >= 4 is 44.2 Å². The van der Waals surface area contributed by atoms with Crippen molar-refractivity contribution in [2.45, 2.75) is 0 Å². The molecule has 2 aromatic carbocycles. The highest BCUT2D eigenvalue weighted by Gasteiger charge is 2.15. The van der Waals surface area contributed by atoms with Crippen LogP contribution in [0.5, 0.6) is 0 Å². The topological polar surface area (TPSA) is 30.0 Å². The Morgan fingerprint density at radius 2 is 1.90 bits per heavy atom. The number of halogens is 2. The van der Waals surface area contributed by atoms with Gasteiger partial charge in [0.1, 0.15) is 0 Å². The van der Waals surface area contributed by atoms with E-state index in [1.54, 1.807) is 24.4 Å². The van der Waals surface area contributed by atoms with Crippen LogP contribution in [0.1, 0.15) is 15.9 Å². The van der Waals surface area contributed by atoms with Gasteiger partial charge in [-0.25, -0.2) is 0 Å². The van der Waals surface area contributed by atoms with Crippen LogP contribution < -0.4 is 0 Å². The van der Waals surface area contributed by atoms with E-state index in [1.807, 2.05) is 30.3 Å². The Kier molecular flexibility index (Phi) is 3.55. The number of carbonyl (C=O) groups excluding carboxylic acids is 1. The number of aromatic nitrogens is 1. The van der Waals surface area contributed by atoms with Crippen molar-refractivity contribution in [3.8, 4) is 0 Å². The van der Waals surface area contributed by atoms with Crippen molar-refractivity contribution in [3.05, 3.63) is 75.4 Å². The van der Waals surface area contributed by atoms with E-state index in [2.05, 4.69) is 20.9 Å². The zero-order valence-electron chi connectivity index (χ0n) is 10.3. The molecule has 0 bridgehead atoms. The van der Waals surface area contributed by atoms with Gasteiger partial charge in [0.15, 0.2) is 5.78 Å². The second-order valence-electron chi connectivity index (χ2n) is 4.35. The molecule has 3 aromatic rings. The van der Waals surface area contributed by atoms with E-state index in [0.29, 0.717) is 20.6 Å². The van der Waals surface area contributed by atoms with Gasteiger partial charge in [0.05, 0.1) is 10.5 Å². The normalized spacial score (nSPS) is 10.7. The Labute approximate surface area is 129 Å². The molecule has 3 rings (SSSR count). The van der Waals surface area contributed by atoms with Crippen molar-refractivity contribution in [1.82, 2.24) is 4.98 Å². The molecule has 1 aromatic heterocycles. The molecule has 0 amide bonds. The number of para-hydroxylation sites is 1. The smallest absolute Gasteiger partial charge is 0.196 e. The van der Waals surface area contributed by atoms with E-state index in [-0.39, 0.29) is 5.78 Å². The van der Waals surface area contributed by atoms with Gasteiger partial charge < -0.3 is 0 Å². The Morgan fingerprint density at radius 3 is 2.75 bits per heavy atom. The molecule has 2 nitrogen and oxygen atoms in total. The molecule has 1 heterocycles. The quantitative estimate of drug-likeness (QED) is 0.619. The minimum atomic E-state index is -0.130. The van der Waals surface area contributed by atoms with Crippen LogP contribution in [0.3, 0.4) is 0 Å². The molecule has 0 N–H and O–H groups in total. The molecule has 0 radical (unpaired) electrons. The summed E-state index contributed by atoms with van der Waals surface area (Å²) in [4.78, 5) is 16.8. The van der Waals surface area contributed by atoms with E-state index in [0.717, 1.165) is 10.9 Å². The van der Waals surface area contributed by atoms with Crippen LogP contribution in [0.4, 0.5) is 0 Å². The van der Waals surface area contributed by atoms with Gasteiger partial charge in [-0.05, 0) is 40.2 Å². The summed E-state index contributed by atoms with van der Waals surface area (Å²) in [6, 6.07) is 14.8. The molecule has 0 aliphatic carbocycles. The van der Waals surface area contributed by atoms with E-state index in [9.17, 15) is 4.79 Å². The lowest BCUT2D eigenvalue weighted by atomic mass is 10.0. The maximum atomic E-state index is 12.5. The number of benzene rings is 2. The van der Waals surface area contributed by atoms with Crippen LogP contribution in [0.15, 0.2) is 59.2 Å². The summed E-state index contributed by atoms with van der Waals surface area (Å²) in [5.41, 5.74) is 1.87. The minimum Gasteiger partial charge on any atom is -0.288 e. The second-order valence-corrected chi connectivity index (χ2v) is 5.58. The zero-order valence-corrected chi connectivity index (χ0v) is 12.6. The summed E-state index contributed by atoms with van der Waals surface area (Å²) in [6.45, 7) is 0. The van der Waals surface area contributed by atoms with Gasteiger partial charge in [0.25, 0.3) is 0 Å². The standard InChI is InChI=1S/C16H9BrClNO/c17-13-6-3-5-12(15(13)18)16(20)11-8-10-4-1-2-7-14(10)19-9-11/h1-9H. The first-order valence-electron chi connectivity index (χ1n) is 6.00. The largest absolute Gasteiger partial charge is 0.288 e. The first kappa shape index (κ1) is 13.3. The molecule has 0 spiro atoms. The molecule has 98 valence electrons. The Hall–Kier alpha value is -1.71. The molecule has 0 fully saturated rings. The first-order valence-corrected chi connectivity index (χ1v) is 7.17. The molecule has 0 aliphatic heterocycles. The van der Waals surface area contributed by atoms with Gasteiger partial charge in [-0.3, -0.25) is 9.78 Å². The summed E-state index contributed by atoms with van der Waals surface area (Å²) in [5.74, 6) is -0.130. The zero-order chi connectivity index (χ0) is 14.1. The number of ketones is 1. The maximum Gasteiger partial charge on any atom is 0.196 e. The highest BCUT2D eigenvalue weighted by molar-refractivity contribution is 9.10. The van der Waals surface area contributed by atoms with E-state index < -0.39 is 0 Å². The molecule has 0 atom stereocenters. The van der Waals surface area contributed by atoms with Crippen LogP contribution >= 0.6 is 27.5 Å². The van der Waals surface area contributed by atoms with Crippen molar-refractivity contribution in [1.29, 1.82) is 0 Å². The van der Waals surface area contributed by atoms with Gasteiger partial charge in [-0.2, -0.15) is 0 Å². The summed E-state index contributed by atoms with van der Waals surface area (Å²) >= 11 is 9.49. The van der Waals surface area contributed by atoms with Gasteiger partial charge in [0.2, 0.25) is 0 Å². The lowest BCUT2D eigenvalue weighted by Crippen LogP contribution is -2.03. The van der Waals surface area contributed by atoms with Crippen molar-refractivity contribution < 1.29 is 4.79 Å². The first-order chi connectivity index (χ1) is 9.66. The third-order valence-corrected chi connectivity index (χ3v) is 4.35. The molecule has 0 unspecified atom stereocenters. The summed E-state index contributed by atoms with van der Waals surface area (Å²) < 4.78 is 0.707. The minimum absolute atomic E-state index is 0.130. The Balaban J connectivity index is 2.10. The maximum absolute atomic E-state index is 12.5. The number of fused-ring (bicyclic) bond motifs is 1. The molecule has 0 saturated heterocycles. The monoisotopic (exact) mass is 345 g/mol. The lowest BCUT2D eigenvalue weighted by molar-refractivity contribution is 0.103. The summed E-state index contributed by atoms with van der Waals surface area (Å²) in [7, 11) is 0. The van der Waals surface area contributed by atoms with Gasteiger partial charge in [-0.1, -0.05) is 35.9 Å². The molecular weight excluding hydrogens is 338 g/mol. The van der Waals surface area contributed by atoms with Gasteiger partial charge in [0, 0.05) is 27.2 Å². The summed E-state index contributed by atoms with van der Waals surface area (Å²) in [6.07, 6.45) is 1.59. The fourth-order valence-corrected chi connectivity index (χ4v) is 2.61. The highest BCUT2D eigenvalue weighted by atomic mass is 79.9. The molecule has 4 heteroatoms. The van der Waals surface area contributed by atoms with E-state index >= 15 is 0 Å². The molecule has 20 heavy (non-hydrogen) atoms. The number of carbonyl (C=O) groups is 1. The average Bonchev–Trinajstić information content (AvgIpc) is 2.49. The van der Waals surface area contributed by atoms with Gasteiger partial charge >= 0.3 is 0 Å². The Morgan fingerprint density at radius 1 is 1.10 bits per heavy atom. The number of rotatable bonds is 2. The van der Waals surface area contributed by atoms with Gasteiger partial charge in [-0.15, -0.1) is 0 Å². The van der Waals surface area contributed by atoms with Crippen molar-refractivity contribution in [2.24, 2.45) is 0 Å². The Bertz CT molecular complexity index is 816. The SMILES string of the molecule is O=C(c1cnc2ccccc2c1)c1cccc(Br)c1Cl. The second kappa shape index (κ2) is 5.35. The highest BCUT2D eigenvalue weighted by Crippen LogP contribution is 2.28. The predicted octanol–water partition coefficient (Wildman–Crippen LogP) is 4.88. The molecular formula is C16H9BrClNO. The number of nitrogens with zero attached hydrogens (tertiary/aromatic N) is 1. The van der Waals surface area contributed by atoms with Crippen LogP contribution in [-0.2, 0) is 0 Å². The third kappa shape index (κ3) is 2.35. The molecule has 0 aliphatic rings. The number of hydrogen-bond donors (Lipinski definition) is 0. The lowest BCUT2D eigenvalue weighted by Gasteiger charge is -2.06. The van der Waals surface area contributed by atoms with E-state index in [1.165, 1.54) is 0 Å². The molecule has 0 saturated carbocycles. The van der Waals surface area contributed by atoms with Crippen LogP contribution in [-0.4, -0.2) is 10.8 Å². The van der Waals surface area contributed by atoms with Crippen molar-refractivity contribution in [3.63, 3.8) is 0 Å². The van der Waals surface area contributed by atoms with Crippen LogP contribution in [0.2, 0.25) is 5.02 Å². The van der Waals surface area contributed by atoms with E-state index in [4.69, 9.17) is 11.6 Å². The van der Waals surface area contributed by atoms with Crippen LogP contribution in [0.25, 0.3) is 10.9 Å².